The molecule has 0 radical (unpaired) electrons. The molecule has 1 aromatic carbocycles. The molecule has 1 saturated heterocycles. The molecule has 1 atom stereocenters. The van der Waals surface area contributed by atoms with Crippen LogP contribution < -0.4 is 5.32 Å². The van der Waals surface area contributed by atoms with E-state index in [1.807, 2.05) is 24.4 Å². The second-order valence-corrected chi connectivity index (χ2v) is 6.92. The summed E-state index contributed by atoms with van der Waals surface area (Å²) in [6.07, 6.45) is 0.311. The third-order valence-electron chi connectivity index (χ3n) is 4.23. The fourth-order valence-corrected chi connectivity index (χ4v) is 3.69. The van der Waals surface area contributed by atoms with E-state index in [2.05, 4.69) is 29.4 Å². The van der Waals surface area contributed by atoms with E-state index < -0.39 is 0 Å². The zero-order valence-corrected chi connectivity index (χ0v) is 14.7. The first-order valence-electron chi connectivity index (χ1n) is 8.13. The number of carbonyl (C=O) groups is 2. The van der Waals surface area contributed by atoms with Gasteiger partial charge in [-0.3, -0.25) is 9.59 Å². The van der Waals surface area contributed by atoms with E-state index in [1.54, 1.807) is 16.2 Å². The van der Waals surface area contributed by atoms with Gasteiger partial charge in [-0.15, -0.1) is 11.3 Å². The van der Waals surface area contributed by atoms with Crippen molar-refractivity contribution in [3.63, 3.8) is 0 Å². The number of hydrogen-bond donors (Lipinski definition) is 1. The third kappa shape index (κ3) is 3.64. The van der Waals surface area contributed by atoms with Gasteiger partial charge in [0, 0.05) is 30.5 Å². The lowest BCUT2D eigenvalue weighted by molar-refractivity contribution is -0.128. The lowest BCUT2D eigenvalue weighted by atomic mass is 10.1. The van der Waals surface area contributed by atoms with Gasteiger partial charge in [0.2, 0.25) is 11.8 Å². The summed E-state index contributed by atoms with van der Waals surface area (Å²) >= 11 is 1.57. The van der Waals surface area contributed by atoms with Crippen LogP contribution in [0.2, 0.25) is 0 Å². The summed E-state index contributed by atoms with van der Waals surface area (Å²) in [5.74, 6) is -0.246. The fourth-order valence-electron chi connectivity index (χ4n) is 2.87. The first-order valence-corrected chi connectivity index (χ1v) is 9.01. The average molecular weight is 343 g/mol. The molecule has 2 amide bonds. The van der Waals surface area contributed by atoms with E-state index in [-0.39, 0.29) is 17.7 Å². The van der Waals surface area contributed by atoms with Crippen molar-refractivity contribution >= 4 is 23.2 Å². The summed E-state index contributed by atoms with van der Waals surface area (Å²) in [6.45, 7) is 5.57. The van der Waals surface area contributed by atoms with Gasteiger partial charge in [0.25, 0.3) is 0 Å². The number of rotatable bonds is 5. The summed E-state index contributed by atoms with van der Waals surface area (Å²) in [7, 11) is 0. The molecule has 5 nitrogen and oxygen atoms in total. The molecule has 24 heavy (non-hydrogen) atoms. The van der Waals surface area contributed by atoms with E-state index in [0.29, 0.717) is 26.1 Å². The molecule has 2 heterocycles. The van der Waals surface area contributed by atoms with E-state index in [1.165, 1.54) is 5.56 Å². The Morgan fingerprint density at radius 1 is 1.46 bits per heavy atom. The van der Waals surface area contributed by atoms with Crippen LogP contribution in [0.3, 0.4) is 0 Å². The van der Waals surface area contributed by atoms with Crippen LogP contribution in [-0.2, 0) is 16.1 Å². The molecule has 126 valence electrons. The highest BCUT2D eigenvalue weighted by molar-refractivity contribution is 7.13. The minimum atomic E-state index is -0.243. The van der Waals surface area contributed by atoms with Crippen molar-refractivity contribution in [3.8, 4) is 10.6 Å². The van der Waals surface area contributed by atoms with Gasteiger partial charge in [-0.25, -0.2) is 4.98 Å². The van der Waals surface area contributed by atoms with Gasteiger partial charge < -0.3 is 10.2 Å². The average Bonchev–Trinajstić information content (AvgIpc) is 3.19. The summed E-state index contributed by atoms with van der Waals surface area (Å²) in [4.78, 5) is 30.3. The van der Waals surface area contributed by atoms with Crippen LogP contribution in [0, 0.1) is 12.8 Å². The van der Waals surface area contributed by atoms with Gasteiger partial charge in [0.1, 0.15) is 5.01 Å². The van der Waals surface area contributed by atoms with Gasteiger partial charge in [0.15, 0.2) is 0 Å². The minimum absolute atomic E-state index is 0.0630. The number of thiazole rings is 1. The minimum Gasteiger partial charge on any atom is -0.350 e. The Labute approximate surface area is 145 Å². The Morgan fingerprint density at radius 2 is 2.29 bits per heavy atom. The number of nitrogens with zero attached hydrogens (tertiary/aromatic N) is 2. The van der Waals surface area contributed by atoms with Gasteiger partial charge in [-0.1, -0.05) is 23.8 Å². The van der Waals surface area contributed by atoms with E-state index in [0.717, 1.165) is 16.3 Å². The molecular formula is C18H21N3O2S. The van der Waals surface area contributed by atoms with E-state index in [9.17, 15) is 9.59 Å². The van der Waals surface area contributed by atoms with Gasteiger partial charge >= 0.3 is 0 Å². The number of benzene rings is 1. The summed E-state index contributed by atoms with van der Waals surface area (Å²) < 4.78 is 0. The van der Waals surface area contributed by atoms with Crippen molar-refractivity contribution < 1.29 is 9.59 Å². The van der Waals surface area contributed by atoms with Crippen molar-refractivity contribution in [2.75, 3.05) is 13.1 Å². The molecule has 0 saturated carbocycles. The molecule has 1 fully saturated rings. The molecule has 0 unspecified atom stereocenters. The first kappa shape index (κ1) is 16.6. The summed E-state index contributed by atoms with van der Waals surface area (Å²) in [5.41, 5.74) is 3.14. The quantitative estimate of drug-likeness (QED) is 0.908. The van der Waals surface area contributed by atoms with Crippen LogP contribution in [0.1, 0.15) is 24.6 Å². The molecule has 1 aliphatic heterocycles. The highest BCUT2D eigenvalue weighted by Gasteiger charge is 2.33. The number of likely N-dealkylation sites (tertiary alicyclic amines) is 1. The molecule has 0 bridgehead atoms. The zero-order valence-electron chi connectivity index (χ0n) is 13.9. The van der Waals surface area contributed by atoms with Crippen LogP contribution in [0.25, 0.3) is 10.6 Å². The molecule has 6 heteroatoms. The maximum Gasteiger partial charge on any atom is 0.225 e. The topological polar surface area (TPSA) is 62.3 Å². The number of nitrogens with one attached hydrogen (secondary N) is 1. The maximum absolute atomic E-state index is 12.2. The highest BCUT2D eigenvalue weighted by atomic mass is 32.1. The summed E-state index contributed by atoms with van der Waals surface area (Å²) in [6, 6.07) is 8.22. The smallest absolute Gasteiger partial charge is 0.225 e. The number of aromatic nitrogens is 1. The summed E-state index contributed by atoms with van der Waals surface area (Å²) in [5, 5.41) is 5.83. The fraction of sp³-hybridized carbons (Fsp3) is 0.389. The van der Waals surface area contributed by atoms with Crippen molar-refractivity contribution in [2.24, 2.45) is 5.92 Å². The van der Waals surface area contributed by atoms with Crippen LogP contribution in [-0.4, -0.2) is 34.8 Å². The number of amides is 2. The van der Waals surface area contributed by atoms with Crippen molar-refractivity contribution in [1.29, 1.82) is 0 Å². The van der Waals surface area contributed by atoms with Crippen LogP contribution in [0.15, 0.2) is 29.6 Å². The number of carbonyl (C=O) groups excluding carboxylic acids is 2. The zero-order chi connectivity index (χ0) is 17.1. The number of aryl methyl sites for hydroxylation is 1. The van der Waals surface area contributed by atoms with Gasteiger partial charge in [0.05, 0.1) is 18.2 Å². The molecule has 2 aromatic rings. The number of hydrogen-bond acceptors (Lipinski definition) is 4. The van der Waals surface area contributed by atoms with Gasteiger partial charge in [-0.05, 0) is 19.9 Å². The standard InChI is InChI=1S/C18H21N3O2S/c1-3-21-10-14(8-16(21)22)17(23)19-9-15-11-24-18(20-15)13-6-4-5-12(2)7-13/h4-7,11,14H,3,8-10H2,1-2H3,(H,19,23)/t14-/m1/s1. The lowest BCUT2D eigenvalue weighted by Gasteiger charge is -2.13. The van der Waals surface area contributed by atoms with Crippen molar-refractivity contribution in [2.45, 2.75) is 26.8 Å². The Hall–Kier alpha value is -2.21. The monoisotopic (exact) mass is 343 g/mol. The second-order valence-electron chi connectivity index (χ2n) is 6.06. The lowest BCUT2D eigenvalue weighted by Crippen LogP contribution is -2.32. The molecule has 3 rings (SSSR count). The molecule has 1 N–H and O–H groups in total. The van der Waals surface area contributed by atoms with E-state index in [4.69, 9.17) is 0 Å². The van der Waals surface area contributed by atoms with Crippen LogP contribution >= 0.6 is 11.3 Å². The maximum atomic E-state index is 12.2. The molecule has 0 aliphatic carbocycles. The first-order chi connectivity index (χ1) is 11.6. The van der Waals surface area contributed by atoms with Gasteiger partial charge in [-0.2, -0.15) is 0 Å². The SMILES string of the molecule is CCN1C[C@H](C(=O)NCc2csc(-c3cccc(C)c3)n2)CC1=O. The predicted molar refractivity (Wildman–Crippen MR) is 94.5 cm³/mol. The van der Waals surface area contributed by atoms with Crippen LogP contribution in [0.4, 0.5) is 0 Å². The highest BCUT2D eigenvalue weighted by Crippen LogP contribution is 2.24. The molecule has 1 aromatic heterocycles. The Kier molecular flexibility index (Phi) is 4.94. The Bertz CT molecular complexity index is 756. The normalized spacial score (nSPS) is 17.3. The van der Waals surface area contributed by atoms with E-state index >= 15 is 0 Å². The van der Waals surface area contributed by atoms with Crippen LogP contribution in [0.5, 0.6) is 0 Å². The largest absolute Gasteiger partial charge is 0.350 e. The second kappa shape index (κ2) is 7.13. The van der Waals surface area contributed by atoms with Crippen molar-refractivity contribution in [1.82, 2.24) is 15.2 Å². The molecule has 0 spiro atoms. The molecule has 1 aliphatic rings. The molecular weight excluding hydrogens is 322 g/mol. The Balaban J connectivity index is 1.58. The Morgan fingerprint density at radius 3 is 3.00 bits per heavy atom. The predicted octanol–water partition coefficient (Wildman–Crippen LogP) is 2.60. The third-order valence-corrected chi connectivity index (χ3v) is 5.17. The van der Waals surface area contributed by atoms with Crippen molar-refractivity contribution in [3.05, 3.63) is 40.9 Å².